The van der Waals surface area contributed by atoms with E-state index in [1.165, 1.54) is 34.8 Å². The minimum absolute atomic E-state index is 0.0408. The Morgan fingerprint density at radius 2 is 2.03 bits per heavy atom. The van der Waals surface area contributed by atoms with Crippen LogP contribution in [-0.2, 0) is 30.5 Å². The average Bonchev–Trinajstić information content (AvgIpc) is 3.35. The quantitative estimate of drug-likeness (QED) is 0.449. The highest BCUT2D eigenvalue weighted by Crippen LogP contribution is 2.30. The summed E-state index contributed by atoms with van der Waals surface area (Å²) in [6.07, 6.45) is 8.81. The predicted octanol–water partition coefficient (Wildman–Crippen LogP) is 5.21. The Labute approximate surface area is 173 Å². The molecule has 0 spiro atoms. The Morgan fingerprint density at radius 1 is 1.14 bits per heavy atom. The van der Waals surface area contributed by atoms with Gasteiger partial charge < -0.3 is 9.73 Å². The Kier molecular flexibility index (Phi) is 5.06. The summed E-state index contributed by atoms with van der Waals surface area (Å²) in [7, 11) is 0. The third-order valence-corrected chi connectivity index (χ3v) is 6.89. The Balaban J connectivity index is 1.19. The fraction of sp³-hybridized carbons (Fsp3) is 0.333. The Morgan fingerprint density at radius 3 is 2.97 bits per heavy atom. The van der Waals surface area contributed by atoms with Gasteiger partial charge in [0.15, 0.2) is 0 Å². The van der Waals surface area contributed by atoms with E-state index in [1.807, 2.05) is 29.5 Å². The van der Waals surface area contributed by atoms with Crippen LogP contribution in [0.2, 0.25) is 0 Å². The number of nitrogens with one attached hydrogen (secondary N) is 1. The van der Waals surface area contributed by atoms with Crippen molar-refractivity contribution in [2.75, 3.05) is 6.54 Å². The molecule has 0 fully saturated rings. The minimum atomic E-state index is 0.0408. The van der Waals surface area contributed by atoms with E-state index in [4.69, 9.17) is 9.40 Å². The van der Waals surface area contributed by atoms with Crippen LogP contribution < -0.4 is 5.32 Å². The summed E-state index contributed by atoms with van der Waals surface area (Å²) in [5.74, 6) is 0.0408. The molecule has 0 saturated heterocycles. The molecule has 0 bridgehead atoms. The van der Waals surface area contributed by atoms with Crippen molar-refractivity contribution in [3.8, 4) is 0 Å². The van der Waals surface area contributed by atoms with Crippen LogP contribution in [0.4, 0.5) is 0 Å². The van der Waals surface area contributed by atoms with Crippen molar-refractivity contribution in [3.05, 3.63) is 63.8 Å². The molecule has 4 aromatic rings. The van der Waals surface area contributed by atoms with Crippen molar-refractivity contribution < 1.29 is 9.21 Å². The third-order valence-electron chi connectivity index (χ3n) is 5.67. The monoisotopic (exact) mass is 404 g/mol. The summed E-state index contributed by atoms with van der Waals surface area (Å²) >= 11 is 1.86. The maximum atomic E-state index is 12.5. The predicted molar refractivity (Wildman–Crippen MR) is 118 cm³/mol. The molecule has 2 heterocycles. The number of fused-ring (bicyclic) bond motifs is 4. The fourth-order valence-electron chi connectivity index (χ4n) is 4.22. The smallest absolute Gasteiger partial charge is 0.224 e. The first-order chi connectivity index (χ1) is 14.3. The molecule has 1 aliphatic rings. The van der Waals surface area contributed by atoms with Crippen LogP contribution in [0.25, 0.3) is 21.7 Å². The molecule has 0 unspecified atom stereocenters. The van der Waals surface area contributed by atoms with Gasteiger partial charge in [-0.15, -0.1) is 11.3 Å². The second-order valence-electron chi connectivity index (χ2n) is 7.74. The lowest BCUT2D eigenvalue weighted by Gasteiger charge is -2.06. The number of rotatable bonds is 6. The lowest BCUT2D eigenvalue weighted by molar-refractivity contribution is -0.120. The van der Waals surface area contributed by atoms with E-state index in [2.05, 4.69) is 23.5 Å². The summed E-state index contributed by atoms with van der Waals surface area (Å²) < 4.78 is 5.69. The van der Waals surface area contributed by atoms with Gasteiger partial charge in [-0.2, -0.15) is 0 Å². The highest BCUT2D eigenvalue weighted by atomic mass is 32.1. The zero-order chi connectivity index (χ0) is 19.6. The van der Waals surface area contributed by atoms with Crippen LogP contribution in [0, 0.1) is 0 Å². The zero-order valence-electron chi connectivity index (χ0n) is 16.4. The molecule has 5 heteroatoms. The van der Waals surface area contributed by atoms with Crippen LogP contribution in [0.5, 0.6) is 0 Å². The number of aryl methyl sites for hydroxylation is 3. The molecule has 0 saturated carbocycles. The van der Waals surface area contributed by atoms with E-state index in [9.17, 15) is 4.79 Å². The van der Waals surface area contributed by atoms with Crippen LogP contribution in [0.3, 0.4) is 0 Å². The van der Waals surface area contributed by atoms with E-state index in [0.29, 0.717) is 13.0 Å². The second-order valence-corrected chi connectivity index (χ2v) is 8.90. The van der Waals surface area contributed by atoms with Gasteiger partial charge in [-0.05, 0) is 48.9 Å². The molecule has 0 radical (unpaired) electrons. The molecule has 0 aliphatic heterocycles. The minimum Gasteiger partial charge on any atom is -0.464 e. The molecule has 1 N–H and O–H groups in total. The summed E-state index contributed by atoms with van der Waals surface area (Å²) in [6, 6.07) is 12.3. The zero-order valence-corrected chi connectivity index (χ0v) is 17.2. The molecule has 29 heavy (non-hydrogen) atoms. The second kappa shape index (κ2) is 7.99. The van der Waals surface area contributed by atoms with Crippen LogP contribution in [0.1, 0.15) is 40.4 Å². The van der Waals surface area contributed by atoms with Gasteiger partial charge in [0.05, 0.1) is 23.4 Å². The van der Waals surface area contributed by atoms with Crippen molar-refractivity contribution in [3.63, 3.8) is 0 Å². The lowest BCUT2D eigenvalue weighted by Crippen LogP contribution is -2.26. The molecule has 1 aliphatic carbocycles. The number of hydrogen-bond donors (Lipinski definition) is 1. The van der Waals surface area contributed by atoms with Gasteiger partial charge in [-0.3, -0.25) is 4.79 Å². The van der Waals surface area contributed by atoms with Crippen molar-refractivity contribution in [2.24, 2.45) is 0 Å². The van der Waals surface area contributed by atoms with E-state index in [1.54, 1.807) is 6.26 Å². The topological polar surface area (TPSA) is 55.1 Å². The Hall–Kier alpha value is -2.66. The van der Waals surface area contributed by atoms with Crippen molar-refractivity contribution in [1.29, 1.82) is 0 Å². The molecule has 148 valence electrons. The first kappa shape index (κ1) is 18.4. The van der Waals surface area contributed by atoms with E-state index < -0.39 is 0 Å². The molecule has 2 aromatic heterocycles. The Bertz CT molecular complexity index is 1150. The van der Waals surface area contributed by atoms with E-state index in [-0.39, 0.29) is 5.91 Å². The summed E-state index contributed by atoms with van der Waals surface area (Å²) in [5.41, 5.74) is 3.10. The number of nitrogens with zero attached hydrogens (tertiary/aromatic N) is 1. The van der Waals surface area contributed by atoms with Gasteiger partial charge in [-0.25, -0.2) is 4.98 Å². The molecule has 0 atom stereocenters. The molecule has 2 aromatic carbocycles. The third kappa shape index (κ3) is 3.79. The summed E-state index contributed by atoms with van der Waals surface area (Å²) in [6.45, 7) is 0.680. The number of hydrogen-bond acceptors (Lipinski definition) is 4. The van der Waals surface area contributed by atoms with Crippen LogP contribution in [0.15, 0.2) is 47.1 Å². The normalized spacial score (nSPS) is 13.7. The SMILES string of the molecule is O=C(Cc1coc2ccc3ccccc3c12)NCCCc1nc2c(s1)CCCC2. The van der Waals surface area contributed by atoms with E-state index in [0.717, 1.165) is 46.6 Å². The van der Waals surface area contributed by atoms with Crippen molar-refractivity contribution in [1.82, 2.24) is 10.3 Å². The first-order valence-corrected chi connectivity index (χ1v) is 11.2. The standard InChI is InChI=1S/C24H24N2O2S/c27-22(25-13-5-10-23-26-19-8-3-4-9-21(19)29-23)14-17-15-28-20-12-11-16-6-1-2-7-18(16)24(17)20/h1-2,6-7,11-12,15H,3-5,8-10,13-14H2,(H,25,27). The average molecular weight is 405 g/mol. The summed E-state index contributed by atoms with van der Waals surface area (Å²) in [5, 5.41) is 7.63. The van der Waals surface area contributed by atoms with Gasteiger partial charge in [0.1, 0.15) is 5.58 Å². The maximum absolute atomic E-state index is 12.5. The van der Waals surface area contributed by atoms with Gasteiger partial charge in [0.25, 0.3) is 0 Å². The molecule has 5 rings (SSSR count). The van der Waals surface area contributed by atoms with Gasteiger partial charge in [0, 0.05) is 28.8 Å². The van der Waals surface area contributed by atoms with Gasteiger partial charge in [-0.1, -0.05) is 30.3 Å². The largest absolute Gasteiger partial charge is 0.464 e. The number of carbonyl (C=O) groups excluding carboxylic acids is 1. The first-order valence-electron chi connectivity index (χ1n) is 10.4. The number of benzene rings is 2. The number of aromatic nitrogens is 1. The van der Waals surface area contributed by atoms with Crippen molar-refractivity contribution in [2.45, 2.75) is 44.9 Å². The highest BCUT2D eigenvalue weighted by Gasteiger charge is 2.15. The van der Waals surface area contributed by atoms with E-state index >= 15 is 0 Å². The molecule has 1 amide bonds. The lowest BCUT2D eigenvalue weighted by atomic mass is 10.0. The number of carbonyl (C=O) groups is 1. The fourth-order valence-corrected chi connectivity index (χ4v) is 5.42. The molecule has 4 nitrogen and oxygen atoms in total. The molecular formula is C24H24N2O2S. The van der Waals surface area contributed by atoms with Crippen LogP contribution in [-0.4, -0.2) is 17.4 Å². The number of amides is 1. The molecular weight excluding hydrogens is 380 g/mol. The maximum Gasteiger partial charge on any atom is 0.224 e. The number of furan rings is 1. The summed E-state index contributed by atoms with van der Waals surface area (Å²) in [4.78, 5) is 18.8. The highest BCUT2D eigenvalue weighted by molar-refractivity contribution is 7.11. The number of thiazole rings is 1. The van der Waals surface area contributed by atoms with Crippen LogP contribution >= 0.6 is 11.3 Å². The van der Waals surface area contributed by atoms with Gasteiger partial charge >= 0.3 is 0 Å². The van der Waals surface area contributed by atoms with Gasteiger partial charge in [0.2, 0.25) is 5.91 Å². The van der Waals surface area contributed by atoms with Crippen molar-refractivity contribution >= 4 is 39.0 Å².